The van der Waals surface area contributed by atoms with Gasteiger partial charge in [0.25, 0.3) is 0 Å². The predicted octanol–water partition coefficient (Wildman–Crippen LogP) is 2.76. The summed E-state index contributed by atoms with van der Waals surface area (Å²) >= 11 is 0. The first-order chi connectivity index (χ1) is 8.29. The lowest BCUT2D eigenvalue weighted by Gasteiger charge is -2.18. The summed E-state index contributed by atoms with van der Waals surface area (Å²) in [7, 11) is 0. The topological polar surface area (TPSA) is 35.5 Å². The molecule has 0 aliphatic carbocycles. The molecule has 1 heterocycles. The van der Waals surface area contributed by atoms with E-state index in [1.54, 1.807) is 0 Å². The third-order valence-electron chi connectivity index (χ3n) is 2.92. The first-order valence-corrected chi connectivity index (χ1v) is 6.20. The summed E-state index contributed by atoms with van der Waals surface area (Å²) in [6.45, 7) is 3.15. The second kappa shape index (κ2) is 5.71. The number of aryl methyl sites for hydroxylation is 1. The molecule has 1 aliphatic heterocycles. The van der Waals surface area contributed by atoms with Gasteiger partial charge in [0.1, 0.15) is 19.0 Å². The molecule has 0 amide bonds. The van der Waals surface area contributed by atoms with Gasteiger partial charge in [0, 0.05) is 12.8 Å². The minimum atomic E-state index is 0.336. The highest BCUT2D eigenvalue weighted by Crippen LogP contribution is 2.31. The Morgan fingerprint density at radius 3 is 2.76 bits per heavy atom. The van der Waals surface area contributed by atoms with E-state index in [0.29, 0.717) is 31.8 Å². The van der Waals surface area contributed by atoms with Gasteiger partial charge in [-0.3, -0.25) is 4.79 Å². The van der Waals surface area contributed by atoms with Gasteiger partial charge in [-0.25, -0.2) is 0 Å². The van der Waals surface area contributed by atoms with Gasteiger partial charge in [0.15, 0.2) is 11.5 Å². The highest BCUT2D eigenvalue weighted by molar-refractivity contribution is 5.77. The van der Waals surface area contributed by atoms with Crippen molar-refractivity contribution in [3.8, 4) is 11.5 Å². The number of benzene rings is 1. The number of ether oxygens (including phenoxy) is 2. The number of hydrogen-bond acceptors (Lipinski definition) is 3. The Balaban J connectivity index is 1.91. The molecule has 0 saturated carbocycles. The third kappa shape index (κ3) is 3.22. The maximum atomic E-state index is 11.2. The van der Waals surface area contributed by atoms with Crippen molar-refractivity contribution >= 4 is 5.78 Å². The quantitative estimate of drug-likeness (QED) is 0.785. The van der Waals surface area contributed by atoms with Crippen LogP contribution in [-0.4, -0.2) is 19.0 Å². The molecule has 0 N–H and O–H groups in total. The molecule has 1 aromatic carbocycles. The van der Waals surface area contributed by atoms with Crippen molar-refractivity contribution in [3.63, 3.8) is 0 Å². The van der Waals surface area contributed by atoms with E-state index in [4.69, 9.17) is 9.47 Å². The van der Waals surface area contributed by atoms with E-state index < -0.39 is 0 Å². The predicted molar refractivity (Wildman–Crippen MR) is 65.7 cm³/mol. The standard InChI is InChI=1S/C14H18O3/c1-2-12(15)5-3-4-11-6-7-13-14(10-11)17-9-8-16-13/h6-7,10H,2-5,8-9H2,1H3. The Labute approximate surface area is 102 Å². The smallest absolute Gasteiger partial charge is 0.161 e. The lowest BCUT2D eigenvalue weighted by atomic mass is 10.1. The van der Waals surface area contributed by atoms with E-state index in [-0.39, 0.29) is 0 Å². The Hall–Kier alpha value is -1.51. The van der Waals surface area contributed by atoms with Gasteiger partial charge in [-0.1, -0.05) is 13.0 Å². The highest BCUT2D eigenvalue weighted by atomic mass is 16.6. The van der Waals surface area contributed by atoms with Gasteiger partial charge in [-0.2, -0.15) is 0 Å². The van der Waals surface area contributed by atoms with E-state index in [2.05, 4.69) is 0 Å². The van der Waals surface area contributed by atoms with Gasteiger partial charge in [0.05, 0.1) is 0 Å². The average molecular weight is 234 g/mol. The largest absolute Gasteiger partial charge is 0.486 e. The van der Waals surface area contributed by atoms with Crippen LogP contribution in [0, 0.1) is 0 Å². The fourth-order valence-corrected chi connectivity index (χ4v) is 1.91. The van der Waals surface area contributed by atoms with Crippen molar-refractivity contribution in [1.82, 2.24) is 0 Å². The molecule has 0 aromatic heterocycles. The number of rotatable bonds is 5. The van der Waals surface area contributed by atoms with Crippen LogP contribution in [0.15, 0.2) is 18.2 Å². The highest BCUT2D eigenvalue weighted by Gasteiger charge is 2.11. The van der Waals surface area contributed by atoms with E-state index in [9.17, 15) is 4.79 Å². The van der Waals surface area contributed by atoms with Crippen LogP contribution in [0.25, 0.3) is 0 Å². The summed E-state index contributed by atoms with van der Waals surface area (Å²) in [6.07, 6.45) is 3.14. The Morgan fingerprint density at radius 1 is 1.24 bits per heavy atom. The van der Waals surface area contributed by atoms with Crippen LogP contribution in [0.3, 0.4) is 0 Å². The van der Waals surface area contributed by atoms with Crippen molar-refractivity contribution in [2.75, 3.05) is 13.2 Å². The minimum absolute atomic E-state index is 0.336. The summed E-state index contributed by atoms with van der Waals surface area (Å²) < 4.78 is 11.0. The number of carbonyl (C=O) groups is 1. The molecule has 0 fully saturated rings. The van der Waals surface area contributed by atoms with Gasteiger partial charge >= 0.3 is 0 Å². The second-order valence-electron chi connectivity index (χ2n) is 4.22. The van der Waals surface area contributed by atoms with E-state index in [1.807, 2.05) is 25.1 Å². The first-order valence-electron chi connectivity index (χ1n) is 6.20. The lowest BCUT2D eigenvalue weighted by molar-refractivity contribution is -0.118. The van der Waals surface area contributed by atoms with Crippen molar-refractivity contribution in [1.29, 1.82) is 0 Å². The van der Waals surface area contributed by atoms with Gasteiger partial charge in [-0.05, 0) is 30.5 Å². The van der Waals surface area contributed by atoms with Crippen molar-refractivity contribution in [3.05, 3.63) is 23.8 Å². The van der Waals surface area contributed by atoms with Crippen LogP contribution in [0.5, 0.6) is 11.5 Å². The molecule has 0 radical (unpaired) electrons. The van der Waals surface area contributed by atoms with E-state index in [0.717, 1.165) is 24.3 Å². The van der Waals surface area contributed by atoms with Crippen LogP contribution in [0.1, 0.15) is 31.7 Å². The maximum absolute atomic E-state index is 11.2. The normalized spacial score (nSPS) is 13.5. The zero-order valence-corrected chi connectivity index (χ0v) is 10.2. The molecule has 17 heavy (non-hydrogen) atoms. The lowest BCUT2D eigenvalue weighted by Crippen LogP contribution is -2.15. The molecule has 3 heteroatoms. The fourth-order valence-electron chi connectivity index (χ4n) is 1.91. The van der Waals surface area contributed by atoms with Gasteiger partial charge < -0.3 is 9.47 Å². The van der Waals surface area contributed by atoms with Crippen molar-refractivity contribution in [2.45, 2.75) is 32.6 Å². The summed E-state index contributed by atoms with van der Waals surface area (Å²) in [5.74, 6) is 1.99. The van der Waals surface area contributed by atoms with Crippen LogP contribution < -0.4 is 9.47 Å². The molecule has 0 atom stereocenters. The molecule has 0 saturated heterocycles. The molecule has 1 aromatic rings. The molecule has 2 rings (SSSR count). The Kier molecular flexibility index (Phi) is 4.02. The first kappa shape index (κ1) is 12.0. The number of hydrogen-bond donors (Lipinski definition) is 0. The average Bonchev–Trinajstić information content (AvgIpc) is 2.38. The Morgan fingerprint density at radius 2 is 2.00 bits per heavy atom. The summed E-state index contributed by atoms with van der Waals surface area (Å²) in [5, 5.41) is 0. The van der Waals surface area contributed by atoms with Crippen LogP contribution in [0.4, 0.5) is 0 Å². The van der Waals surface area contributed by atoms with E-state index in [1.165, 1.54) is 5.56 Å². The molecule has 1 aliphatic rings. The zero-order chi connectivity index (χ0) is 12.1. The zero-order valence-electron chi connectivity index (χ0n) is 10.2. The summed E-state index contributed by atoms with van der Waals surface area (Å²) in [6, 6.07) is 6.01. The van der Waals surface area contributed by atoms with Gasteiger partial charge in [0.2, 0.25) is 0 Å². The van der Waals surface area contributed by atoms with Crippen molar-refractivity contribution in [2.24, 2.45) is 0 Å². The monoisotopic (exact) mass is 234 g/mol. The Bertz CT molecular complexity index is 398. The number of fused-ring (bicyclic) bond motifs is 1. The second-order valence-corrected chi connectivity index (χ2v) is 4.22. The SMILES string of the molecule is CCC(=O)CCCc1ccc2c(c1)OCCO2. The molecule has 3 nitrogen and oxygen atoms in total. The molecule has 0 unspecified atom stereocenters. The maximum Gasteiger partial charge on any atom is 0.161 e. The van der Waals surface area contributed by atoms with Gasteiger partial charge in [-0.15, -0.1) is 0 Å². The minimum Gasteiger partial charge on any atom is -0.486 e. The number of carbonyl (C=O) groups excluding carboxylic acids is 1. The molecule has 0 spiro atoms. The molecular formula is C14H18O3. The number of ketones is 1. The summed E-state index contributed by atoms with van der Waals surface area (Å²) in [5.41, 5.74) is 1.21. The van der Waals surface area contributed by atoms with Crippen LogP contribution in [-0.2, 0) is 11.2 Å². The van der Waals surface area contributed by atoms with E-state index >= 15 is 0 Å². The summed E-state index contributed by atoms with van der Waals surface area (Å²) in [4.78, 5) is 11.2. The third-order valence-corrected chi connectivity index (χ3v) is 2.92. The molecule has 92 valence electrons. The molecule has 0 bridgehead atoms. The molecular weight excluding hydrogens is 216 g/mol. The van der Waals surface area contributed by atoms with Crippen LogP contribution >= 0.6 is 0 Å². The van der Waals surface area contributed by atoms with Crippen molar-refractivity contribution < 1.29 is 14.3 Å². The number of Topliss-reactive ketones (excluding diaryl/α,β-unsaturated/α-hetero) is 1. The fraction of sp³-hybridized carbons (Fsp3) is 0.500. The van der Waals surface area contributed by atoms with Crippen LogP contribution in [0.2, 0.25) is 0 Å².